The van der Waals surface area contributed by atoms with E-state index in [-0.39, 0.29) is 5.82 Å². The zero-order valence-corrected chi connectivity index (χ0v) is 11.0. The molecule has 0 radical (unpaired) electrons. The highest BCUT2D eigenvalue weighted by molar-refractivity contribution is 5.35. The smallest absolute Gasteiger partial charge is 0.126 e. The fourth-order valence-electron chi connectivity index (χ4n) is 2.38. The van der Waals surface area contributed by atoms with Gasteiger partial charge in [0.25, 0.3) is 0 Å². The van der Waals surface area contributed by atoms with E-state index in [4.69, 9.17) is 0 Å². The number of hydrogen-bond acceptors (Lipinski definition) is 0. The fraction of sp³-hybridized carbons (Fsp3) is 0.294. The molecule has 0 aromatic heterocycles. The molecule has 0 bridgehead atoms. The minimum Gasteiger partial charge on any atom is -0.207 e. The van der Waals surface area contributed by atoms with Crippen LogP contribution < -0.4 is 0 Å². The average Bonchev–Trinajstić information content (AvgIpc) is 2.40. The van der Waals surface area contributed by atoms with E-state index in [1.165, 1.54) is 11.1 Å². The topological polar surface area (TPSA) is 0 Å². The van der Waals surface area contributed by atoms with Gasteiger partial charge in [0.2, 0.25) is 0 Å². The van der Waals surface area contributed by atoms with Gasteiger partial charge in [0, 0.05) is 5.92 Å². The lowest BCUT2D eigenvalue weighted by atomic mass is 9.87. The molecule has 94 valence electrons. The molecule has 0 aliphatic carbocycles. The second-order valence-electron chi connectivity index (χ2n) is 4.76. The molecule has 0 N–H and O–H groups in total. The Labute approximate surface area is 108 Å². The Bertz CT molecular complexity index is 502. The third-order valence-corrected chi connectivity index (χ3v) is 3.36. The number of halogens is 1. The van der Waals surface area contributed by atoms with Crippen LogP contribution in [0, 0.1) is 12.7 Å². The highest BCUT2D eigenvalue weighted by Crippen LogP contribution is 2.30. The van der Waals surface area contributed by atoms with E-state index in [9.17, 15) is 4.39 Å². The molecule has 1 atom stereocenters. The van der Waals surface area contributed by atoms with Crippen LogP contribution in [0.5, 0.6) is 0 Å². The molecule has 2 aromatic rings. The van der Waals surface area contributed by atoms with Crippen molar-refractivity contribution in [2.45, 2.75) is 32.6 Å². The number of benzene rings is 2. The van der Waals surface area contributed by atoms with Crippen molar-refractivity contribution in [2.75, 3.05) is 0 Å². The van der Waals surface area contributed by atoms with Gasteiger partial charge in [-0.1, -0.05) is 55.8 Å². The van der Waals surface area contributed by atoms with Crippen molar-refractivity contribution >= 4 is 0 Å². The van der Waals surface area contributed by atoms with Gasteiger partial charge >= 0.3 is 0 Å². The van der Waals surface area contributed by atoms with E-state index in [0.29, 0.717) is 5.92 Å². The van der Waals surface area contributed by atoms with E-state index in [2.05, 4.69) is 31.2 Å². The molecular formula is C17H19F. The molecule has 0 saturated heterocycles. The molecular weight excluding hydrogens is 223 g/mol. The lowest BCUT2D eigenvalue weighted by Crippen LogP contribution is -2.01. The second kappa shape index (κ2) is 5.81. The molecule has 2 rings (SSSR count). The Morgan fingerprint density at radius 3 is 2.33 bits per heavy atom. The summed E-state index contributed by atoms with van der Waals surface area (Å²) in [6.07, 6.45) is 2.21. The van der Waals surface area contributed by atoms with Crippen LogP contribution in [0.1, 0.15) is 42.4 Å². The zero-order chi connectivity index (χ0) is 13.0. The van der Waals surface area contributed by atoms with E-state index in [1.54, 1.807) is 6.07 Å². The van der Waals surface area contributed by atoms with Crippen LogP contribution in [0.3, 0.4) is 0 Å². The van der Waals surface area contributed by atoms with E-state index < -0.39 is 0 Å². The van der Waals surface area contributed by atoms with Crippen molar-refractivity contribution in [3.05, 3.63) is 71.0 Å². The zero-order valence-electron chi connectivity index (χ0n) is 11.0. The van der Waals surface area contributed by atoms with E-state index >= 15 is 0 Å². The van der Waals surface area contributed by atoms with Crippen molar-refractivity contribution in [1.29, 1.82) is 0 Å². The van der Waals surface area contributed by atoms with Gasteiger partial charge in [-0.05, 0) is 36.1 Å². The van der Waals surface area contributed by atoms with E-state index in [0.717, 1.165) is 18.4 Å². The maximum Gasteiger partial charge on any atom is 0.126 e. The first-order valence-corrected chi connectivity index (χ1v) is 6.53. The molecule has 0 heterocycles. The monoisotopic (exact) mass is 242 g/mol. The highest BCUT2D eigenvalue weighted by atomic mass is 19.1. The molecule has 1 heteroatoms. The summed E-state index contributed by atoms with van der Waals surface area (Å²) in [5, 5.41) is 0. The molecule has 0 spiro atoms. The van der Waals surface area contributed by atoms with E-state index in [1.807, 2.05) is 25.1 Å². The molecule has 0 aliphatic heterocycles. The van der Waals surface area contributed by atoms with Crippen LogP contribution in [0.25, 0.3) is 0 Å². The van der Waals surface area contributed by atoms with Crippen LogP contribution >= 0.6 is 0 Å². The Morgan fingerprint density at radius 2 is 1.72 bits per heavy atom. The molecule has 0 aliphatic rings. The summed E-state index contributed by atoms with van der Waals surface area (Å²) in [6, 6.07) is 15.9. The quantitative estimate of drug-likeness (QED) is 0.702. The van der Waals surface area contributed by atoms with Crippen molar-refractivity contribution in [3.63, 3.8) is 0 Å². The predicted octanol–water partition coefficient (Wildman–Crippen LogP) is 5.07. The number of aryl methyl sites for hydroxylation is 1. The molecule has 2 aromatic carbocycles. The normalized spacial score (nSPS) is 12.4. The first-order chi connectivity index (χ1) is 8.72. The van der Waals surface area contributed by atoms with Crippen LogP contribution in [0.2, 0.25) is 0 Å². The summed E-state index contributed by atoms with van der Waals surface area (Å²) < 4.78 is 13.4. The molecule has 1 unspecified atom stereocenters. The van der Waals surface area contributed by atoms with Crippen LogP contribution in [-0.4, -0.2) is 0 Å². The van der Waals surface area contributed by atoms with Gasteiger partial charge in [-0.2, -0.15) is 0 Å². The van der Waals surface area contributed by atoms with Gasteiger partial charge in [0.15, 0.2) is 0 Å². The number of hydrogen-bond donors (Lipinski definition) is 0. The summed E-state index contributed by atoms with van der Waals surface area (Å²) in [5.74, 6) is 0.248. The standard InChI is InChI=1S/C17H19F/c1-3-7-16(14-8-5-4-6-9-14)15-10-11-17(18)13(2)12-15/h4-6,8-12,16H,3,7H2,1-2H3. The summed E-state index contributed by atoms with van der Waals surface area (Å²) in [6.45, 7) is 4.01. The molecule has 0 amide bonds. The van der Waals surface area contributed by atoms with Crippen LogP contribution in [0.15, 0.2) is 48.5 Å². The molecule has 0 fully saturated rings. The first-order valence-electron chi connectivity index (χ1n) is 6.53. The van der Waals surface area contributed by atoms with Crippen molar-refractivity contribution in [3.8, 4) is 0 Å². The Kier molecular flexibility index (Phi) is 4.14. The third kappa shape index (κ3) is 2.79. The summed E-state index contributed by atoms with van der Waals surface area (Å²) in [7, 11) is 0. The third-order valence-electron chi connectivity index (χ3n) is 3.36. The molecule has 18 heavy (non-hydrogen) atoms. The van der Waals surface area contributed by atoms with Gasteiger partial charge in [-0.3, -0.25) is 0 Å². The SMILES string of the molecule is CCCC(c1ccccc1)c1ccc(F)c(C)c1. The average molecular weight is 242 g/mol. The highest BCUT2D eigenvalue weighted by Gasteiger charge is 2.13. The first kappa shape index (κ1) is 12.8. The molecule has 0 nitrogen and oxygen atoms in total. The molecule has 0 saturated carbocycles. The maximum absolute atomic E-state index is 13.4. The van der Waals surface area contributed by atoms with Crippen molar-refractivity contribution < 1.29 is 4.39 Å². The minimum atomic E-state index is -0.123. The van der Waals surface area contributed by atoms with Gasteiger partial charge in [-0.15, -0.1) is 0 Å². The predicted molar refractivity (Wildman–Crippen MR) is 74.3 cm³/mol. The lowest BCUT2D eigenvalue weighted by molar-refractivity contribution is 0.615. The van der Waals surface area contributed by atoms with Gasteiger partial charge in [0.05, 0.1) is 0 Å². The lowest BCUT2D eigenvalue weighted by Gasteiger charge is -2.18. The minimum absolute atomic E-state index is 0.123. The summed E-state index contributed by atoms with van der Waals surface area (Å²) >= 11 is 0. The summed E-state index contributed by atoms with van der Waals surface area (Å²) in [4.78, 5) is 0. The van der Waals surface area contributed by atoms with Crippen LogP contribution in [0.4, 0.5) is 4.39 Å². The van der Waals surface area contributed by atoms with Gasteiger partial charge < -0.3 is 0 Å². The van der Waals surface area contributed by atoms with Crippen molar-refractivity contribution in [1.82, 2.24) is 0 Å². The van der Waals surface area contributed by atoms with Crippen LogP contribution in [-0.2, 0) is 0 Å². The van der Waals surface area contributed by atoms with Gasteiger partial charge in [-0.25, -0.2) is 4.39 Å². The van der Waals surface area contributed by atoms with Crippen molar-refractivity contribution in [2.24, 2.45) is 0 Å². The Hall–Kier alpha value is -1.63. The summed E-state index contributed by atoms with van der Waals surface area (Å²) in [5.41, 5.74) is 3.25. The fourth-order valence-corrected chi connectivity index (χ4v) is 2.38. The second-order valence-corrected chi connectivity index (χ2v) is 4.76. The Balaban J connectivity index is 2.38. The number of rotatable bonds is 4. The Morgan fingerprint density at radius 1 is 1.00 bits per heavy atom. The maximum atomic E-state index is 13.4. The van der Waals surface area contributed by atoms with Gasteiger partial charge in [0.1, 0.15) is 5.82 Å². The largest absolute Gasteiger partial charge is 0.207 e.